The van der Waals surface area contributed by atoms with Gasteiger partial charge < -0.3 is 14.7 Å². The van der Waals surface area contributed by atoms with E-state index in [1.54, 1.807) is 0 Å². The van der Waals surface area contributed by atoms with Gasteiger partial charge in [0.1, 0.15) is 0 Å². The van der Waals surface area contributed by atoms with Crippen LogP contribution in [-0.2, 0) is 24.5 Å². The number of thiophene rings is 1. The lowest BCUT2D eigenvalue weighted by Gasteiger charge is -2.18. The second-order valence-electron chi connectivity index (χ2n) is 5.06. The number of carbonyl (C=O) groups is 2. The summed E-state index contributed by atoms with van der Waals surface area (Å²) >= 11 is 3.91. The smallest absolute Gasteiger partial charge is 0.420 e. The average molecular weight is 400 g/mol. The van der Waals surface area contributed by atoms with Gasteiger partial charge in [0.25, 0.3) is 0 Å². The zero-order valence-corrected chi connectivity index (χ0v) is 14.9. The molecular formula is C11H14BrNO6S2. The van der Waals surface area contributed by atoms with Gasteiger partial charge >= 0.3 is 22.2 Å². The van der Waals surface area contributed by atoms with Crippen LogP contribution in [0.2, 0.25) is 0 Å². The second kappa shape index (κ2) is 5.93. The van der Waals surface area contributed by atoms with Crippen molar-refractivity contribution in [2.45, 2.75) is 37.3 Å². The number of halogens is 1. The summed E-state index contributed by atoms with van der Waals surface area (Å²) in [5.41, 5.74) is 4.25. The van der Waals surface area contributed by atoms with Gasteiger partial charge in [-0.05, 0) is 15.9 Å². The van der Waals surface area contributed by atoms with E-state index in [1.807, 2.05) is 20.8 Å². The lowest BCUT2D eigenvalue weighted by Crippen LogP contribution is -2.18. The predicted molar refractivity (Wildman–Crippen MR) is 79.9 cm³/mol. The normalized spacial score (nSPS) is 12.0. The Morgan fingerprint density at radius 3 is 2.19 bits per heavy atom. The van der Waals surface area contributed by atoms with Crippen LogP contribution in [0.25, 0.3) is 0 Å². The maximum Gasteiger partial charge on any atom is 0.420 e. The van der Waals surface area contributed by atoms with E-state index >= 15 is 0 Å². The fourth-order valence-electron chi connectivity index (χ4n) is 1.41. The monoisotopic (exact) mass is 399 g/mol. The number of hydrogen-bond acceptors (Lipinski definition) is 7. The average Bonchev–Trinajstić information content (AvgIpc) is 2.53. The van der Waals surface area contributed by atoms with Crippen molar-refractivity contribution in [3.63, 3.8) is 0 Å². The topological polar surface area (TPSA) is 113 Å². The van der Waals surface area contributed by atoms with E-state index in [-0.39, 0.29) is 14.4 Å². The molecule has 0 aliphatic carbocycles. The van der Waals surface area contributed by atoms with Gasteiger partial charge in [-0.15, -0.1) is 11.3 Å². The molecule has 1 amide bonds. The van der Waals surface area contributed by atoms with Crippen LogP contribution < -0.4 is 10.5 Å². The van der Waals surface area contributed by atoms with Crippen molar-refractivity contribution in [1.29, 1.82) is 0 Å². The highest BCUT2D eigenvalue weighted by molar-refractivity contribution is 9.10. The SMILES string of the molecule is CC(=O)Oc1c(C(C)(C)C)sc(S(=O)(=O)OC(N)=O)c1Br. The Hall–Kier alpha value is -1.13. The summed E-state index contributed by atoms with van der Waals surface area (Å²) in [5.74, 6) is -0.509. The van der Waals surface area contributed by atoms with Gasteiger partial charge in [0.15, 0.2) is 9.96 Å². The fourth-order valence-corrected chi connectivity index (χ4v) is 4.93. The van der Waals surface area contributed by atoms with Crippen molar-refractivity contribution < 1.29 is 26.9 Å². The molecule has 0 saturated heterocycles. The highest BCUT2D eigenvalue weighted by atomic mass is 79.9. The summed E-state index contributed by atoms with van der Waals surface area (Å²) in [6, 6.07) is 0. The Morgan fingerprint density at radius 1 is 1.29 bits per heavy atom. The number of rotatable bonds is 3. The summed E-state index contributed by atoms with van der Waals surface area (Å²) in [6.45, 7) is 6.67. The van der Waals surface area contributed by atoms with Crippen molar-refractivity contribution >= 4 is 49.4 Å². The van der Waals surface area contributed by atoms with Gasteiger partial charge in [-0.3, -0.25) is 4.79 Å². The molecule has 1 rings (SSSR count). The van der Waals surface area contributed by atoms with Crippen LogP contribution >= 0.6 is 27.3 Å². The molecule has 1 heterocycles. The van der Waals surface area contributed by atoms with E-state index in [4.69, 9.17) is 10.5 Å². The standard InChI is InChI=1S/C11H14BrNO6S2/c1-5(14)18-7-6(12)9(20-8(7)11(2,3)4)21(16,17)19-10(13)15/h1-4H3,(H2,13,15). The van der Waals surface area contributed by atoms with E-state index in [0.29, 0.717) is 4.88 Å². The maximum absolute atomic E-state index is 12.0. The van der Waals surface area contributed by atoms with Gasteiger partial charge in [-0.2, -0.15) is 8.42 Å². The predicted octanol–water partition coefficient (Wildman–Crippen LogP) is 2.52. The first kappa shape index (κ1) is 17.9. The Kier molecular flexibility index (Phi) is 5.06. The van der Waals surface area contributed by atoms with Crippen LogP contribution in [0.4, 0.5) is 4.79 Å². The summed E-state index contributed by atoms with van der Waals surface area (Å²) in [7, 11) is -4.38. The lowest BCUT2D eigenvalue weighted by molar-refractivity contribution is -0.132. The molecule has 1 aromatic rings. The summed E-state index contributed by atoms with van der Waals surface area (Å²) in [6.07, 6.45) is -1.44. The molecule has 0 spiro atoms. The third-order valence-electron chi connectivity index (χ3n) is 2.13. The zero-order valence-electron chi connectivity index (χ0n) is 11.7. The molecule has 0 atom stereocenters. The number of esters is 1. The van der Waals surface area contributed by atoms with Crippen LogP contribution in [0.3, 0.4) is 0 Å². The molecule has 0 fully saturated rings. The second-order valence-corrected chi connectivity index (χ2v) is 8.62. The Morgan fingerprint density at radius 2 is 1.81 bits per heavy atom. The van der Waals surface area contributed by atoms with Crippen LogP contribution in [0, 0.1) is 0 Å². The first-order chi connectivity index (χ1) is 9.36. The quantitative estimate of drug-likeness (QED) is 0.616. The van der Waals surface area contributed by atoms with E-state index in [9.17, 15) is 18.0 Å². The van der Waals surface area contributed by atoms with Gasteiger partial charge in [0, 0.05) is 12.3 Å². The van der Waals surface area contributed by atoms with Crippen LogP contribution in [-0.4, -0.2) is 20.5 Å². The van der Waals surface area contributed by atoms with Gasteiger partial charge in [-0.1, -0.05) is 20.8 Å². The number of nitrogens with two attached hydrogens (primary N) is 1. The molecular weight excluding hydrogens is 386 g/mol. The maximum atomic E-state index is 12.0. The van der Waals surface area contributed by atoms with E-state index in [2.05, 4.69) is 20.1 Å². The third kappa shape index (κ3) is 4.17. The van der Waals surface area contributed by atoms with Crippen molar-refractivity contribution in [2.24, 2.45) is 5.73 Å². The molecule has 0 radical (unpaired) electrons. The Labute approximate surface area is 134 Å². The van der Waals surface area contributed by atoms with Crippen LogP contribution in [0.5, 0.6) is 5.75 Å². The minimum absolute atomic E-state index is 0.0221. The number of hydrogen-bond donors (Lipinski definition) is 1. The molecule has 7 nitrogen and oxygen atoms in total. The minimum atomic E-state index is -4.38. The molecule has 0 unspecified atom stereocenters. The summed E-state index contributed by atoms with van der Waals surface area (Å²) in [5, 5.41) is 0. The van der Waals surface area contributed by atoms with E-state index < -0.39 is 27.6 Å². The van der Waals surface area contributed by atoms with Gasteiger partial charge in [0.2, 0.25) is 0 Å². The van der Waals surface area contributed by atoms with Crippen molar-refractivity contribution in [3.05, 3.63) is 9.35 Å². The molecule has 0 bridgehead atoms. The highest BCUT2D eigenvalue weighted by Gasteiger charge is 2.34. The number of carbonyl (C=O) groups excluding carboxylic acids is 2. The molecule has 2 N–H and O–H groups in total. The lowest BCUT2D eigenvalue weighted by atomic mass is 9.94. The number of primary amides is 1. The first-order valence-corrected chi connectivity index (χ1v) is 8.63. The number of amides is 1. The number of ether oxygens (including phenoxy) is 1. The van der Waals surface area contributed by atoms with E-state index in [0.717, 1.165) is 11.3 Å². The molecule has 118 valence electrons. The van der Waals surface area contributed by atoms with Crippen LogP contribution in [0.15, 0.2) is 8.68 Å². The molecule has 10 heteroatoms. The van der Waals surface area contributed by atoms with E-state index in [1.165, 1.54) is 6.92 Å². The summed E-state index contributed by atoms with van der Waals surface area (Å²) < 4.78 is 32.9. The molecule has 1 aromatic heterocycles. The largest absolute Gasteiger partial charge is 0.424 e. The molecule has 0 aromatic carbocycles. The molecule has 0 aliphatic rings. The molecule has 0 saturated carbocycles. The highest BCUT2D eigenvalue weighted by Crippen LogP contribution is 2.48. The fraction of sp³-hybridized carbons (Fsp3) is 0.455. The first-order valence-electron chi connectivity index (χ1n) is 5.61. The molecule has 0 aliphatic heterocycles. The summed E-state index contributed by atoms with van der Waals surface area (Å²) in [4.78, 5) is 22.4. The Balaban J connectivity index is 3.54. The molecule has 21 heavy (non-hydrogen) atoms. The van der Waals surface area contributed by atoms with Crippen LogP contribution in [0.1, 0.15) is 32.6 Å². The van der Waals surface area contributed by atoms with Crippen molar-refractivity contribution in [3.8, 4) is 5.75 Å². The minimum Gasteiger partial charge on any atom is -0.424 e. The van der Waals surface area contributed by atoms with Gasteiger partial charge in [-0.25, -0.2) is 4.79 Å². The van der Waals surface area contributed by atoms with Crippen molar-refractivity contribution in [2.75, 3.05) is 0 Å². The van der Waals surface area contributed by atoms with Crippen molar-refractivity contribution in [1.82, 2.24) is 0 Å². The third-order valence-corrected chi connectivity index (χ3v) is 6.70. The Bertz CT molecular complexity index is 686. The van der Waals surface area contributed by atoms with Gasteiger partial charge in [0.05, 0.1) is 9.35 Å². The zero-order chi connectivity index (χ0) is 16.6.